The zero-order valence-corrected chi connectivity index (χ0v) is 7.21. The fraction of sp³-hybridized carbons (Fsp3) is 0.200. The first kappa shape index (κ1) is 8.78. The summed E-state index contributed by atoms with van der Waals surface area (Å²) >= 11 is 0. The highest BCUT2D eigenvalue weighted by atomic mass is 19.1. The lowest BCUT2D eigenvalue weighted by atomic mass is 10.1. The summed E-state index contributed by atoms with van der Waals surface area (Å²) in [5.74, 6) is -0.288. The summed E-state index contributed by atoms with van der Waals surface area (Å²) in [6.07, 6.45) is 0. The van der Waals surface area contributed by atoms with Crippen molar-refractivity contribution in [1.29, 1.82) is 0 Å². The molecule has 0 aliphatic rings. The van der Waals surface area contributed by atoms with E-state index in [1.54, 1.807) is 37.2 Å². The molecule has 0 bridgehead atoms. The number of halogens is 1. The van der Waals surface area contributed by atoms with Gasteiger partial charge in [-0.05, 0) is 18.7 Å². The molecule has 0 amide bonds. The van der Waals surface area contributed by atoms with Gasteiger partial charge in [-0.3, -0.25) is 0 Å². The highest BCUT2D eigenvalue weighted by Gasteiger charge is 2.05. The van der Waals surface area contributed by atoms with E-state index >= 15 is 0 Å². The van der Waals surface area contributed by atoms with Gasteiger partial charge in [-0.2, -0.15) is 0 Å². The second-order valence-electron chi connectivity index (χ2n) is 2.76. The molecule has 1 aromatic carbocycles. The second kappa shape index (κ2) is 3.39. The molecule has 0 aromatic heterocycles. The Kier molecular flexibility index (Phi) is 2.48. The van der Waals surface area contributed by atoms with E-state index in [4.69, 9.17) is 6.58 Å². The zero-order chi connectivity index (χ0) is 9.14. The van der Waals surface area contributed by atoms with Crippen LogP contribution in [0.15, 0.2) is 24.3 Å². The second-order valence-corrected chi connectivity index (χ2v) is 2.76. The Labute approximate surface area is 72.1 Å². The molecule has 2 heteroatoms. The van der Waals surface area contributed by atoms with Crippen LogP contribution in [-0.4, -0.2) is 19.0 Å². The van der Waals surface area contributed by atoms with Gasteiger partial charge in [-0.15, -0.1) is 0 Å². The molecule has 1 radical (unpaired) electrons. The standard InChI is InChI=1S/C10H11FN/c1-8(12(2)3)9-6-4-5-7-10(9)11/h1,4-7H,2-3H3. The van der Waals surface area contributed by atoms with Crippen LogP contribution >= 0.6 is 0 Å². The molecule has 0 N–H and O–H groups in total. The molecule has 0 spiro atoms. The van der Waals surface area contributed by atoms with Crippen LogP contribution < -0.4 is 0 Å². The molecule has 0 unspecified atom stereocenters. The Balaban J connectivity index is 3.03. The molecule has 0 saturated heterocycles. The lowest BCUT2D eigenvalue weighted by Crippen LogP contribution is -2.09. The molecular weight excluding hydrogens is 153 g/mol. The van der Waals surface area contributed by atoms with E-state index in [-0.39, 0.29) is 5.82 Å². The fourth-order valence-electron chi connectivity index (χ4n) is 0.910. The van der Waals surface area contributed by atoms with Crippen molar-refractivity contribution >= 4 is 5.70 Å². The lowest BCUT2D eigenvalue weighted by Gasteiger charge is -2.15. The number of nitrogens with zero attached hydrogens (tertiary/aromatic N) is 1. The van der Waals surface area contributed by atoms with Crippen LogP contribution in [0.2, 0.25) is 0 Å². The smallest absolute Gasteiger partial charge is 0.132 e. The molecule has 0 aliphatic carbocycles. The Bertz CT molecular complexity index is 292. The van der Waals surface area contributed by atoms with Gasteiger partial charge in [-0.1, -0.05) is 12.1 Å². The number of hydrogen-bond donors (Lipinski definition) is 0. The summed E-state index contributed by atoms with van der Waals surface area (Å²) in [7, 11) is 3.56. The van der Waals surface area contributed by atoms with Gasteiger partial charge in [0.25, 0.3) is 0 Å². The number of hydrogen-bond acceptors (Lipinski definition) is 1. The normalized spacial score (nSPS) is 9.58. The van der Waals surface area contributed by atoms with Crippen molar-refractivity contribution in [1.82, 2.24) is 4.90 Å². The third-order valence-electron chi connectivity index (χ3n) is 1.63. The third-order valence-corrected chi connectivity index (χ3v) is 1.63. The summed E-state index contributed by atoms with van der Waals surface area (Å²) in [5.41, 5.74) is 0.885. The Morgan fingerprint density at radius 1 is 1.33 bits per heavy atom. The van der Waals surface area contributed by atoms with Crippen LogP contribution in [0.25, 0.3) is 5.70 Å². The summed E-state index contributed by atoms with van der Waals surface area (Å²) in [6.45, 7) is 5.64. The minimum atomic E-state index is -0.288. The Morgan fingerprint density at radius 3 is 2.42 bits per heavy atom. The van der Waals surface area contributed by atoms with Gasteiger partial charge < -0.3 is 4.90 Å². The van der Waals surface area contributed by atoms with Gasteiger partial charge in [0.1, 0.15) is 5.82 Å². The maximum Gasteiger partial charge on any atom is 0.132 e. The van der Waals surface area contributed by atoms with E-state index < -0.39 is 0 Å². The SMILES string of the molecule is [CH]=C(c1ccccc1F)N(C)C. The minimum Gasteiger partial charge on any atom is -0.377 e. The van der Waals surface area contributed by atoms with E-state index in [9.17, 15) is 4.39 Å². The average molecular weight is 164 g/mol. The van der Waals surface area contributed by atoms with Crippen LogP contribution in [0.3, 0.4) is 0 Å². The van der Waals surface area contributed by atoms with Gasteiger partial charge in [0, 0.05) is 25.4 Å². The molecule has 1 aromatic rings. The molecule has 0 heterocycles. The molecule has 0 atom stereocenters. The molecular formula is C10H11FN. The summed E-state index contributed by atoms with van der Waals surface area (Å²) in [5, 5.41) is 0. The van der Waals surface area contributed by atoms with Crippen molar-refractivity contribution in [3.63, 3.8) is 0 Å². The van der Waals surface area contributed by atoms with Gasteiger partial charge in [-0.25, -0.2) is 4.39 Å². The van der Waals surface area contributed by atoms with E-state index in [1.165, 1.54) is 6.07 Å². The topological polar surface area (TPSA) is 3.24 Å². The van der Waals surface area contributed by atoms with Crippen molar-refractivity contribution < 1.29 is 4.39 Å². The monoisotopic (exact) mass is 164 g/mol. The zero-order valence-electron chi connectivity index (χ0n) is 7.21. The quantitative estimate of drug-likeness (QED) is 0.647. The van der Waals surface area contributed by atoms with Gasteiger partial charge in [0.2, 0.25) is 0 Å². The summed E-state index contributed by atoms with van der Waals surface area (Å²) in [6, 6.07) is 6.45. The van der Waals surface area contributed by atoms with Crippen molar-refractivity contribution in [2.75, 3.05) is 14.1 Å². The first-order valence-electron chi connectivity index (χ1n) is 3.67. The maximum absolute atomic E-state index is 13.1. The molecule has 0 aliphatic heterocycles. The van der Waals surface area contributed by atoms with E-state index in [2.05, 4.69) is 0 Å². The van der Waals surface area contributed by atoms with Gasteiger partial charge >= 0.3 is 0 Å². The molecule has 0 fully saturated rings. The Hall–Kier alpha value is -1.31. The average Bonchev–Trinajstić information content (AvgIpc) is 2.04. The third kappa shape index (κ3) is 1.64. The maximum atomic E-state index is 13.1. The highest BCUT2D eigenvalue weighted by Crippen LogP contribution is 2.16. The van der Waals surface area contributed by atoms with Crippen molar-refractivity contribution in [3.8, 4) is 0 Å². The number of benzene rings is 1. The van der Waals surface area contributed by atoms with Gasteiger partial charge in [0.15, 0.2) is 0 Å². The lowest BCUT2D eigenvalue weighted by molar-refractivity contribution is 0.572. The minimum absolute atomic E-state index is 0.288. The van der Waals surface area contributed by atoms with Crippen LogP contribution in [0, 0.1) is 12.4 Å². The van der Waals surface area contributed by atoms with Crippen LogP contribution in [0.1, 0.15) is 5.56 Å². The molecule has 1 nitrogen and oxygen atoms in total. The molecule has 12 heavy (non-hydrogen) atoms. The van der Waals surface area contributed by atoms with Crippen molar-refractivity contribution in [2.45, 2.75) is 0 Å². The number of rotatable bonds is 2. The first-order valence-corrected chi connectivity index (χ1v) is 3.67. The van der Waals surface area contributed by atoms with Crippen LogP contribution in [0.4, 0.5) is 4.39 Å². The predicted octanol–water partition coefficient (Wildman–Crippen LogP) is 2.16. The van der Waals surface area contributed by atoms with Crippen LogP contribution in [0.5, 0.6) is 0 Å². The van der Waals surface area contributed by atoms with Gasteiger partial charge in [0.05, 0.1) is 0 Å². The molecule has 0 saturated carbocycles. The summed E-state index contributed by atoms with van der Waals surface area (Å²) in [4.78, 5) is 1.68. The Morgan fingerprint density at radius 2 is 1.92 bits per heavy atom. The highest BCUT2D eigenvalue weighted by molar-refractivity contribution is 5.60. The first-order chi connectivity index (χ1) is 5.63. The van der Waals surface area contributed by atoms with Crippen molar-refractivity contribution in [2.24, 2.45) is 0 Å². The molecule has 63 valence electrons. The predicted molar refractivity (Wildman–Crippen MR) is 47.8 cm³/mol. The molecule has 1 rings (SSSR count). The summed E-state index contributed by atoms with van der Waals surface area (Å²) < 4.78 is 13.1. The van der Waals surface area contributed by atoms with Crippen LogP contribution in [-0.2, 0) is 0 Å². The van der Waals surface area contributed by atoms with E-state index in [0.717, 1.165) is 0 Å². The van der Waals surface area contributed by atoms with E-state index in [0.29, 0.717) is 11.3 Å². The van der Waals surface area contributed by atoms with E-state index in [1.807, 2.05) is 0 Å². The largest absolute Gasteiger partial charge is 0.377 e. The van der Waals surface area contributed by atoms with Crippen molar-refractivity contribution in [3.05, 3.63) is 42.2 Å². The fourth-order valence-corrected chi connectivity index (χ4v) is 0.910.